The third kappa shape index (κ3) is 6.23. The summed E-state index contributed by atoms with van der Waals surface area (Å²) >= 11 is 7.63. The highest BCUT2D eigenvalue weighted by Gasteiger charge is 2.33. The average Bonchev–Trinajstić information content (AvgIpc) is 2.75. The van der Waals surface area contributed by atoms with E-state index in [2.05, 4.69) is 36.5 Å². The fraction of sp³-hybridized carbons (Fsp3) is 0.409. The molecule has 1 atom stereocenters. The molecule has 1 N–H and O–H groups in total. The second-order valence-corrected chi connectivity index (χ2v) is 11.0. The van der Waals surface area contributed by atoms with E-state index < -0.39 is 10.0 Å². The Labute approximate surface area is 188 Å². The summed E-state index contributed by atoms with van der Waals surface area (Å²) in [6.07, 6.45) is 1.38. The molecule has 8 heteroatoms. The molecule has 30 heavy (non-hydrogen) atoms. The number of nitrogens with one attached hydrogen (secondary N) is 1. The first-order chi connectivity index (χ1) is 14.4. The van der Waals surface area contributed by atoms with Gasteiger partial charge in [0, 0.05) is 36.2 Å². The third-order valence-electron chi connectivity index (χ3n) is 5.14. The molecule has 162 valence electrons. The van der Waals surface area contributed by atoms with Gasteiger partial charge in [-0.15, -0.1) is 0 Å². The maximum absolute atomic E-state index is 12.9. The molecule has 0 unspecified atom stereocenters. The number of carbonyl (C=O) groups excluding carboxylic acids is 1. The molecular formula is C22H27ClN2O3S2. The van der Waals surface area contributed by atoms with Crippen LogP contribution >= 0.6 is 23.4 Å². The van der Waals surface area contributed by atoms with Crippen molar-refractivity contribution in [1.29, 1.82) is 0 Å². The minimum Gasteiger partial charge on any atom is -0.355 e. The number of sulfonamides is 1. The summed E-state index contributed by atoms with van der Waals surface area (Å²) < 4.78 is 27.2. The molecule has 1 aliphatic heterocycles. The number of hydrogen-bond donors (Lipinski definition) is 1. The van der Waals surface area contributed by atoms with E-state index in [-0.39, 0.29) is 23.3 Å². The van der Waals surface area contributed by atoms with E-state index in [0.717, 1.165) is 11.5 Å². The Morgan fingerprint density at radius 2 is 1.87 bits per heavy atom. The van der Waals surface area contributed by atoms with Gasteiger partial charge >= 0.3 is 0 Å². The van der Waals surface area contributed by atoms with E-state index in [0.29, 0.717) is 31.0 Å². The number of benzene rings is 2. The summed E-state index contributed by atoms with van der Waals surface area (Å²) in [5.74, 6) is 1.34. The van der Waals surface area contributed by atoms with E-state index in [9.17, 15) is 13.2 Å². The van der Waals surface area contributed by atoms with Crippen LogP contribution in [0.1, 0.15) is 24.0 Å². The Morgan fingerprint density at radius 3 is 2.57 bits per heavy atom. The highest BCUT2D eigenvalue weighted by atomic mass is 35.5. The first kappa shape index (κ1) is 23.1. The minimum absolute atomic E-state index is 0.0676. The fourth-order valence-electron chi connectivity index (χ4n) is 3.40. The molecule has 1 fully saturated rings. The van der Waals surface area contributed by atoms with Gasteiger partial charge in [0.25, 0.3) is 0 Å². The van der Waals surface area contributed by atoms with Gasteiger partial charge in [0.15, 0.2) is 0 Å². The van der Waals surface area contributed by atoms with Crippen LogP contribution < -0.4 is 5.32 Å². The van der Waals surface area contributed by atoms with Gasteiger partial charge in [-0.3, -0.25) is 4.79 Å². The van der Waals surface area contributed by atoms with Gasteiger partial charge in [-0.2, -0.15) is 16.1 Å². The Balaban J connectivity index is 1.45. The average molecular weight is 467 g/mol. The van der Waals surface area contributed by atoms with E-state index in [1.54, 1.807) is 23.9 Å². The standard InChI is InChI=1S/C22H27ClN2O3S2/c1-17-4-6-18(7-5-17)16-29-14-12-24-22(26)19-3-2-13-25(15-19)30(27,28)21-10-8-20(23)9-11-21/h4-11,19H,2-3,12-16H2,1H3,(H,24,26)/t19-/m0/s1. The van der Waals surface area contributed by atoms with Crippen molar-refractivity contribution in [3.63, 3.8) is 0 Å². The van der Waals surface area contributed by atoms with Crippen molar-refractivity contribution in [2.24, 2.45) is 5.92 Å². The molecule has 1 saturated heterocycles. The van der Waals surface area contributed by atoms with Gasteiger partial charge in [-0.05, 0) is 49.6 Å². The van der Waals surface area contributed by atoms with Gasteiger partial charge in [0.05, 0.1) is 10.8 Å². The topological polar surface area (TPSA) is 66.5 Å². The molecule has 3 rings (SSSR count). The predicted octanol–water partition coefficient (Wildman–Crippen LogP) is 4.10. The van der Waals surface area contributed by atoms with Gasteiger partial charge < -0.3 is 5.32 Å². The monoisotopic (exact) mass is 466 g/mol. The Kier molecular flexibility index (Phi) is 8.22. The number of thioether (sulfide) groups is 1. The maximum atomic E-state index is 12.9. The van der Waals surface area contributed by atoms with Gasteiger partial charge in [-0.1, -0.05) is 41.4 Å². The van der Waals surface area contributed by atoms with Crippen LogP contribution in [0, 0.1) is 12.8 Å². The molecule has 0 spiro atoms. The quantitative estimate of drug-likeness (QED) is 0.595. The number of piperidine rings is 1. The van der Waals surface area contributed by atoms with Crippen LogP contribution in [-0.4, -0.2) is 44.0 Å². The van der Waals surface area contributed by atoms with Crippen LogP contribution in [0.4, 0.5) is 0 Å². The molecule has 2 aromatic rings. The predicted molar refractivity (Wildman–Crippen MR) is 123 cm³/mol. The lowest BCUT2D eigenvalue weighted by Crippen LogP contribution is -2.45. The lowest BCUT2D eigenvalue weighted by atomic mass is 9.99. The molecule has 1 aliphatic rings. The van der Waals surface area contributed by atoms with Crippen LogP contribution in [0.15, 0.2) is 53.4 Å². The van der Waals surface area contributed by atoms with Crippen molar-refractivity contribution >= 4 is 39.3 Å². The molecule has 1 amide bonds. The maximum Gasteiger partial charge on any atom is 0.243 e. The summed E-state index contributed by atoms with van der Waals surface area (Å²) in [6, 6.07) is 14.6. The number of hydrogen-bond acceptors (Lipinski definition) is 4. The van der Waals surface area contributed by atoms with E-state index in [4.69, 9.17) is 11.6 Å². The van der Waals surface area contributed by atoms with Crippen LogP contribution in [0.25, 0.3) is 0 Å². The number of rotatable bonds is 8. The van der Waals surface area contributed by atoms with E-state index >= 15 is 0 Å². The lowest BCUT2D eigenvalue weighted by Gasteiger charge is -2.31. The van der Waals surface area contributed by atoms with Crippen molar-refractivity contribution in [2.75, 3.05) is 25.4 Å². The highest BCUT2D eigenvalue weighted by Crippen LogP contribution is 2.25. The molecule has 0 aromatic heterocycles. The number of halogens is 1. The largest absolute Gasteiger partial charge is 0.355 e. The molecule has 0 saturated carbocycles. The third-order valence-corrected chi connectivity index (χ3v) is 8.30. The molecular weight excluding hydrogens is 440 g/mol. The van der Waals surface area contributed by atoms with Gasteiger partial charge in [0.1, 0.15) is 0 Å². The van der Waals surface area contributed by atoms with Gasteiger partial charge in [0.2, 0.25) is 15.9 Å². The Morgan fingerprint density at radius 1 is 1.17 bits per heavy atom. The smallest absolute Gasteiger partial charge is 0.243 e. The van der Waals surface area contributed by atoms with Crippen LogP contribution in [-0.2, 0) is 20.6 Å². The molecule has 0 bridgehead atoms. The molecule has 5 nitrogen and oxygen atoms in total. The SMILES string of the molecule is Cc1ccc(CSCCNC(=O)[C@H]2CCCN(S(=O)(=O)c3ccc(Cl)cc3)C2)cc1. The summed E-state index contributed by atoms with van der Waals surface area (Å²) in [7, 11) is -3.62. The zero-order chi connectivity index (χ0) is 21.6. The molecule has 0 radical (unpaired) electrons. The van der Waals surface area contributed by atoms with Crippen molar-refractivity contribution in [3.8, 4) is 0 Å². The van der Waals surface area contributed by atoms with Crippen molar-refractivity contribution < 1.29 is 13.2 Å². The zero-order valence-corrected chi connectivity index (χ0v) is 19.4. The van der Waals surface area contributed by atoms with Crippen LogP contribution in [0.2, 0.25) is 5.02 Å². The lowest BCUT2D eigenvalue weighted by molar-refractivity contribution is -0.125. The van der Waals surface area contributed by atoms with Crippen LogP contribution in [0.5, 0.6) is 0 Å². The number of carbonyl (C=O) groups is 1. The van der Waals surface area contributed by atoms with Crippen LogP contribution in [0.3, 0.4) is 0 Å². The van der Waals surface area contributed by atoms with Gasteiger partial charge in [-0.25, -0.2) is 8.42 Å². The first-order valence-corrected chi connectivity index (χ1v) is 13.0. The Hall–Kier alpha value is -1.54. The number of aryl methyl sites for hydroxylation is 1. The van der Waals surface area contributed by atoms with E-state index in [1.165, 1.54) is 27.6 Å². The highest BCUT2D eigenvalue weighted by molar-refractivity contribution is 7.98. The second kappa shape index (κ2) is 10.7. The fourth-order valence-corrected chi connectivity index (χ4v) is 5.86. The summed E-state index contributed by atoms with van der Waals surface area (Å²) in [6.45, 7) is 3.30. The van der Waals surface area contributed by atoms with Crippen molar-refractivity contribution in [2.45, 2.75) is 30.4 Å². The zero-order valence-electron chi connectivity index (χ0n) is 17.0. The minimum atomic E-state index is -3.62. The van der Waals surface area contributed by atoms with Crippen molar-refractivity contribution in [3.05, 3.63) is 64.7 Å². The second-order valence-electron chi connectivity index (χ2n) is 7.49. The van der Waals surface area contributed by atoms with E-state index in [1.807, 2.05) is 0 Å². The molecule has 1 heterocycles. The normalized spacial score (nSPS) is 17.6. The Bertz CT molecular complexity index is 947. The number of nitrogens with zero attached hydrogens (tertiary/aromatic N) is 1. The summed E-state index contributed by atoms with van der Waals surface area (Å²) in [4.78, 5) is 12.8. The summed E-state index contributed by atoms with van der Waals surface area (Å²) in [5.41, 5.74) is 2.52. The molecule has 2 aromatic carbocycles. The molecule has 0 aliphatic carbocycles. The van der Waals surface area contributed by atoms with Crippen molar-refractivity contribution in [1.82, 2.24) is 9.62 Å². The first-order valence-electron chi connectivity index (χ1n) is 10.0. The number of amides is 1. The summed E-state index contributed by atoms with van der Waals surface area (Å²) in [5, 5.41) is 3.46.